The highest BCUT2D eigenvalue weighted by Gasteiger charge is 2.23. The molecule has 2 heteroatoms. The van der Waals surface area contributed by atoms with Gasteiger partial charge in [-0.15, -0.1) is 0 Å². The zero-order chi connectivity index (χ0) is 38.4. The van der Waals surface area contributed by atoms with E-state index < -0.39 is 0 Å². The van der Waals surface area contributed by atoms with Crippen LogP contribution in [0.1, 0.15) is 0 Å². The van der Waals surface area contributed by atoms with Crippen LogP contribution in [0.3, 0.4) is 0 Å². The van der Waals surface area contributed by atoms with Crippen LogP contribution in [0.15, 0.2) is 231 Å². The first-order valence-corrected chi connectivity index (χ1v) is 19.9. The van der Waals surface area contributed by atoms with Gasteiger partial charge in [0.15, 0.2) is 0 Å². The van der Waals surface area contributed by atoms with E-state index in [2.05, 4.69) is 240 Å². The number of benzene rings is 10. The Balaban J connectivity index is 1.19. The molecule has 1 heterocycles. The van der Waals surface area contributed by atoms with E-state index in [0.29, 0.717) is 0 Å². The van der Waals surface area contributed by atoms with Crippen LogP contribution < -0.4 is 4.90 Å². The number of fused-ring (bicyclic) bond motifs is 6. The lowest BCUT2D eigenvalue weighted by Gasteiger charge is -2.30. The Morgan fingerprint density at radius 1 is 0.293 bits per heavy atom. The van der Waals surface area contributed by atoms with Crippen LogP contribution in [0.2, 0.25) is 0 Å². The minimum atomic E-state index is 1.08. The molecule has 0 atom stereocenters. The van der Waals surface area contributed by atoms with Gasteiger partial charge in [0, 0.05) is 33.1 Å². The van der Waals surface area contributed by atoms with Crippen LogP contribution in [0.5, 0.6) is 0 Å². The SMILES string of the molecule is c1ccc(-c2ccccc2-c2ccccc2-c2ccccc2N(c2cccc(-n3c4ccccc4c4ccccc43)c2)c2cc3ccccc3c3ccccc23)cc1. The van der Waals surface area contributed by atoms with Crippen molar-refractivity contribution in [2.75, 3.05) is 4.90 Å². The third kappa shape index (κ3) is 5.57. The number of aromatic nitrogens is 1. The Hall–Kier alpha value is -7.68. The van der Waals surface area contributed by atoms with Crippen molar-refractivity contribution in [2.45, 2.75) is 0 Å². The second-order valence-electron chi connectivity index (χ2n) is 14.9. The Morgan fingerprint density at radius 3 is 1.50 bits per heavy atom. The lowest BCUT2D eigenvalue weighted by Crippen LogP contribution is -2.12. The van der Waals surface area contributed by atoms with Crippen molar-refractivity contribution in [3.8, 4) is 39.1 Å². The molecule has 0 aliphatic carbocycles. The first kappa shape index (κ1) is 33.6. The molecule has 272 valence electrons. The van der Waals surface area contributed by atoms with Crippen LogP contribution in [-0.2, 0) is 0 Å². The summed E-state index contributed by atoms with van der Waals surface area (Å²) in [7, 11) is 0. The molecule has 58 heavy (non-hydrogen) atoms. The van der Waals surface area contributed by atoms with Gasteiger partial charge in [0.1, 0.15) is 0 Å². The van der Waals surface area contributed by atoms with Gasteiger partial charge in [-0.2, -0.15) is 0 Å². The van der Waals surface area contributed by atoms with Crippen molar-refractivity contribution in [1.82, 2.24) is 4.57 Å². The topological polar surface area (TPSA) is 8.17 Å². The van der Waals surface area contributed by atoms with E-state index in [1.807, 2.05) is 0 Å². The van der Waals surface area contributed by atoms with Gasteiger partial charge in [-0.25, -0.2) is 0 Å². The Morgan fingerprint density at radius 2 is 0.793 bits per heavy atom. The number of hydrogen-bond donors (Lipinski definition) is 0. The molecule has 0 aliphatic heterocycles. The van der Waals surface area contributed by atoms with Crippen molar-refractivity contribution in [3.63, 3.8) is 0 Å². The summed E-state index contributed by atoms with van der Waals surface area (Å²) in [4.78, 5) is 2.49. The van der Waals surface area contributed by atoms with E-state index in [9.17, 15) is 0 Å². The Bertz CT molecular complexity index is 3250. The highest BCUT2D eigenvalue weighted by molar-refractivity contribution is 6.15. The summed E-state index contributed by atoms with van der Waals surface area (Å²) in [5.74, 6) is 0. The maximum atomic E-state index is 2.49. The standard InChI is InChI=1S/C56H38N2/c1-2-19-39(20-3-1)43-24-6-7-26-45(43)47-28-8-9-29-48(47)49-30-12-15-34-53(49)58(56-37-40-21-4-5-25-44(40)46-27-10-11-31-50(46)56)42-23-18-22-41(38-42)57-54-35-16-13-32-51(54)52-33-14-17-36-55(52)57/h1-38H. The molecule has 10 aromatic carbocycles. The molecule has 2 nitrogen and oxygen atoms in total. The summed E-state index contributed by atoms with van der Waals surface area (Å²) in [6, 6.07) is 83.8. The number of anilines is 3. The van der Waals surface area contributed by atoms with Crippen LogP contribution in [0.4, 0.5) is 17.1 Å². The van der Waals surface area contributed by atoms with E-state index >= 15 is 0 Å². The molecule has 0 bridgehead atoms. The van der Waals surface area contributed by atoms with Gasteiger partial charge in [-0.3, -0.25) is 0 Å². The van der Waals surface area contributed by atoms with Crippen molar-refractivity contribution in [2.24, 2.45) is 0 Å². The fraction of sp³-hybridized carbons (Fsp3) is 0. The third-order valence-electron chi connectivity index (χ3n) is 11.6. The second-order valence-corrected chi connectivity index (χ2v) is 14.9. The van der Waals surface area contributed by atoms with E-state index in [-0.39, 0.29) is 0 Å². The van der Waals surface area contributed by atoms with Crippen molar-refractivity contribution in [1.29, 1.82) is 0 Å². The quantitative estimate of drug-likeness (QED) is 0.148. The molecule has 0 spiro atoms. The molecule has 11 rings (SSSR count). The lowest BCUT2D eigenvalue weighted by molar-refractivity contribution is 1.17. The first-order valence-electron chi connectivity index (χ1n) is 19.9. The van der Waals surface area contributed by atoms with Crippen molar-refractivity contribution >= 4 is 60.4 Å². The summed E-state index contributed by atoms with van der Waals surface area (Å²) < 4.78 is 2.41. The summed E-state index contributed by atoms with van der Waals surface area (Å²) in [5.41, 5.74) is 13.9. The summed E-state index contributed by atoms with van der Waals surface area (Å²) in [5, 5.41) is 7.37. The predicted molar refractivity (Wildman–Crippen MR) is 247 cm³/mol. The van der Waals surface area contributed by atoms with E-state index in [1.54, 1.807) is 0 Å². The van der Waals surface area contributed by atoms with Crippen molar-refractivity contribution in [3.05, 3.63) is 231 Å². The van der Waals surface area contributed by atoms with Crippen LogP contribution in [-0.4, -0.2) is 4.57 Å². The highest BCUT2D eigenvalue weighted by Crippen LogP contribution is 2.48. The summed E-state index contributed by atoms with van der Waals surface area (Å²) in [6.45, 7) is 0. The molecule has 1 aromatic heterocycles. The van der Waals surface area contributed by atoms with E-state index in [0.717, 1.165) is 28.3 Å². The molecule has 0 saturated heterocycles. The van der Waals surface area contributed by atoms with Gasteiger partial charge >= 0.3 is 0 Å². The average molecular weight is 739 g/mol. The Labute approximate surface area is 338 Å². The van der Waals surface area contributed by atoms with Crippen molar-refractivity contribution < 1.29 is 0 Å². The number of hydrogen-bond acceptors (Lipinski definition) is 1. The van der Waals surface area contributed by atoms with Gasteiger partial charge < -0.3 is 9.47 Å². The first-order chi connectivity index (χ1) is 28.8. The maximum absolute atomic E-state index is 2.49. The molecule has 0 unspecified atom stereocenters. The van der Waals surface area contributed by atoms with Crippen LogP contribution in [0.25, 0.3) is 82.4 Å². The van der Waals surface area contributed by atoms with Gasteiger partial charge in [0.25, 0.3) is 0 Å². The monoisotopic (exact) mass is 738 g/mol. The van der Waals surface area contributed by atoms with Gasteiger partial charge in [0.2, 0.25) is 0 Å². The normalized spacial score (nSPS) is 11.4. The maximum Gasteiger partial charge on any atom is 0.0546 e. The molecular weight excluding hydrogens is 701 g/mol. The highest BCUT2D eigenvalue weighted by atomic mass is 15.1. The average Bonchev–Trinajstić information content (AvgIpc) is 3.64. The molecule has 0 fully saturated rings. The number of para-hydroxylation sites is 3. The summed E-state index contributed by atoms with van der Waals surface area (Å²) >= 11 is 0. The van der Waals surface area contributed by atoms with Crippen LogP contribution >= 0.6 is 0 Å². The third-order valence-corrected chi connectivity index (χ3v) is 11.6. The van der Waals surface area contributed by atoms with Gasteiger partial charge in [-0.05, 0) is 86.4 Å². The minimum Gasteiger partial charge on any atom is -0.309 e. The smallest absolute Gasteiger partial charge is 0.0546 e. The minimum absolute atomic E-state index is 1.08. The van der Waals surface area contributed by atoms with E-state index in [4.69, 9.17) is 0 Å². The fourth-order valence-corrected chi connectivity index (χ4v) is 9.04. The fourth-order valence-electron chi connectivity index (χ4n) is 9.04. The molecule has 11 aromatic rings. The predicted octanol–water partition coefficient (Wildman–Crippen LogP) is 15.6. The summed E-state index contributed by atoms with van der Waals surface area (Å²) in [6.07, 6.45) is 0. The zero-order valence-electron chi connectivity index (χ0n) is 31.8. The molecule has 0 saturated carbocycles. The molecule has 0 aliphatic rings. The lowest BCUT2D eigenvalue weighted by atomic mass is 9.88. The van der Waals surface area contributed by atoms with Crippen LogP contribution in [0, 0.1) is 0 Å². The molecule has 0 radical (unpaired) electrons. The molecule has 0 N–H and O–H groups in total. The molecular formula is C56H38N2. The Kier molecular flexibility index (Phi) is 8.19. The molecule has 0 amide bonds. The second kappa shape index (κ2) is 14.1. The number of rotatable bonds is 7. The van der Waals surface area contributed by atoms with E-state index in [1.165, 1.54) is 71.2 Å². The van der Waals surface area contributed by atoms with Gasteiger partial charge in [-0.1, -0.05) is 188 Å². The van der Waals surface area contributed by atoms with Gasteiger partial charge in [0.05, 0.1) is 22.4 Å². The number of nitrogens with zero attached hydrogens (tertiary/aromatic N) is 2. The zero-order valence-corrected chi connectivity index (χ0v) is 31.8. The largest absolute Gasteiger partial charge is 0.309 e.